The van der Waals surface area contributed by atoms with Crippen LogP contribution in [0.5, 0.6) is 5.75 Å². The Labute approximate surface area is 202 Å². The Morgan fingerprint density at radius 2 is 1.68 bits per heavy atom. The molecule has 0 aromatic heterocycles. The lowest BCUT2D eigenvalue weighted by molar-refractivity contribution is 0.0888. The first-order valence-corrected chi connectivity index (χ1v) is 12.2. The summed E-state index contributed by atoms with van der Waals surface area (Å²) >= 11 is 0. The number of carbonyl (C=O) groups is 1. The highest BCUT2D eigenvalue weighted by Gasteiger charge is 2.29. The van der Waals surface area contributed by atoms with Gasteiger partial charge >= 0.3 is 6.03 Å². The summed E-state index contributed by atoms with van der Waals surface area (Å²) in [4.78, 5) is 17.2. The van der Waals surface area contributed by atoms with Crippen LogP contribution in [0.15, 0.2) is 48.5 Å². The van der Waals surface area contributed by atoms with E-state index >= 15 is 0 Å². The SMILES string of the molecule is CC(C)COc1ccc(CNC(=O)N(Cc2ccc(F)cc2)C2CCN([C@@H](C)CF)CC2)cc1. The van der Waals surface area contributed by atoms with Crippen molar-refractivity contribution in [3.05, 3.63) is 65.5 Å². The van der Waals surface area contributed by atoms with Crippen molar-refractivity contribution < 1.29 is 18.3 Å². The molecule has 1 saturated heterocycles. The van der Waals surface area contributed by atoms with Gasteiger partial charge in [-0.05, 0) is 61.1 Å². The molecule has 0 unspecified atom stereocenters. The van der Waals surface area contributed by atoms with Gasteiger partial charge in [-0.2, -0.15) is 0 Å². The lowest BCUT2D eigenvalue weighted by Gasteiger charge is -2.40. The first-order chi connectivity index (χ1) is 16.4. The van der Waals surface area contributed by atoms with Crippen molar-refractivity contribution >= 4 is 6.03 Å². The van der Waals surface area contributed by atoms with Crippen LogP contribution in [0.3, 0.4) is 0 Å². The number of likely N-dealkylation sites (tertiary alicyclic amines) is 1. The third kappa shape index (κ3) is 7.69. The number of nitrogens with zero attached hydrogens (tertiary/aromatic N) is 2. The normalized spacial score (nSPS) is 15.8. The van der Waals surface area contributed by atoms with E-state index in [4.69, 9.17) is 4.74 Å². The van der Waals surface area contributed by atoms with Gasteiger partial charge in [-0.25, -0.2) is 13.6 Å². The molecular weight excluding hydrogens is 436 g/mol. The number of amides is 2. The third-order valence-electron chi connectivity index (χ3n) is 6.26. The molecule has 1 heterocycles. The molecule has 0 bridgehead atoms. The van der Waals surface area contributed by atoms with Gasteiger partial charge in [0.05, 0.1) is 6.61 Å². The molecule has 0 aliphatic carbocycles. The molecule has 1 fully saturated rings. The van der Waals surface area contributed by atoms with Crippen LogP contribution < -0.4 is 10.1 Å². The topological polar surface area (TPSA) is 44.8 Å². The number of nitrogens with one attached hydrogen (secondary N) is 1. The van der Waals surface area contributed by atoms with Crippen LogP contribution in [-0.4, -0.2) is 54.3 Å². The van der Waals surface area contributed by atoms with Gasteiger partial charge in [0.25, 0.3) is 0 Å². The van der Waals surface area contributed by atoms with E-state index in [0.29, 0.717) is 25.6 Å². The second-order valence-electron chi connectivity index (χ2n) is 9.53. The molecule has 1 aliphatic heterocycles. The molecule has 2 aromatic rings. The molecule has 186 valence electrons. The van der Waals surface area contributed by atoms with E-state index in [9.17, 15) is 13.6 Å². The van der Waals surface area contributed by atoms with Crippen molar-refractivity contribution in [2.75, 3.05) is 26.4 Å². The Hall–Kier alpha value is -2.67. The number of alkyl halides is 1. The van der Waals surface area contributed by atoms with Crippen molar-refractivity contribution in [2.24, 2.45) is 5.92 Å². The van der Waals surface area contributed by atoms with E-state index in [2.05, 4.69) is 24.1 Å². The molecule has 2 amide bonds. The van der Waals surface area contributed by atoms with Crippen LogP contribution in [0.25, 0.3) is 0 Å². The minimum absolute atomic E-state index is 0.0416. The maximum atomic E-state index is 13.4. The zero-order chi connectivity index (χ0) is 24.5. The minimum atomic E-state index is -0.369. The number of hydrogen-bond donors (Lipinski definition) is 1. The fourth-order valence-corrected chi connectivity index (χ4v) is 4.13. The Morgan fingerprint density at radius 3 is 2.26 bits per heavy atom. The van der Waals surface area contributed by atoms with Crippen molar-refractivity contribution in [3.8, 4) is 5.75 Å². The van der Waals surface area contributed by atoms with E-state index in [-0.39, 0.29) is 30.6 Å². The fourth-order valence-electron chi connectivity index (χ4n) is 4.13. The zero-order valence-electron chi connectivity index (χ0n) is 20.5. The van der Waals surface area contributed by atoms with Gasteiger partial charge in [-0.1, -0.05) is 38.1 Å². The van der Waals surface area contributed by atoms with E-state index in [1.54, 1.807) is 12.1 Å². The van der Waals surface area contributed by atoms with Gasteiger partial charge in [0.2, 0.25) is 0 Å². The summed E-state index contributed by atoms with van der Waals surface area (Å²) in [6, 6.07) is 13.8. The Morgan fingerprint density at radius 1 is 1.06 bits per heavy atom. The van der Waals surface area contributed by atoms with Gasteiger partial charge in [-0.15, -0.1) is 0 Å². The van der Waals surface area contributed by atoms with Crippen LogP contribution in [-0.2, 0) is 13.1 Å². The summed E-state index contributed by atoms with van der Waals surface area (Å²) in [6.07, 6.45) is 1.56. The van der Waals surface area contributed by atoms with Crippen molar-refractivity contribution in [2.45, 2.75) is 58.8 Å². The first-order valence-electron chi connectivity index (χ1n) is 12.2. The number of hydrogen-bond acceptors (Lipinski definition) is 3. The van der Waals surface area contributed by atoms with Crippen molar-refractivity contribution in [1.29, 1.82) is 0 Å². The fraction of sp³-hybridized carbons (Fsp3) is 0.519. The highest BCUT2D eigenvalue weighted by molar-refractivity contribution is 5.74. The third-order valence-corrected chi connectivity index (χ3v) is 6.26. The van der Waals surface area contributed by atoms with Crippen LogP contribution in [0.2, 0.25) is 0 Å². The lowest BCUT2D eigenvalue weighted by Crippen LogP contribution is -2.51. The van der Waals surface area contributed by atoms with Crippen molar-refractivity contribution in [3.63, 3.8) is 0 Å². The monoisotopic (exact) mass is 473 g/mol. The molecule has 1 aliphatic rings. The van der Waals surface area contributed by atoms with Crippen LogP contribution >= 0.6 is 0 Å². The molecule has 0 spiro atoms. The molecule has 5 nitrogen and oxygen atoms in total. The Balaban J connectivity index is 1.62. The van der Waals surface area contributed by atoms with Gasteiger partial charge < -0.3 is 15.0 Å². The standard InChI is InChI=1S/C27H37F2N3O2/c1-20(2)19-34-26-10-6-22(7-11-26)17-30-27(33)32(18-23-4-8-24(29)9-5-23)25-12-14-31(15-13-25)21(3)16-28/h4-11,20-21,25H,12-19H2,1-3H3,(H,30,33)/t21-/m0/s1. The summed E-state index contributed by atoms with van der Waals surface area (Å²) in [5, 5.41) is 3.04. The predicted octanol–water partition coefficient (Wildman–Crippen LogP) is 5.39. The Kier molecular flexibility index (Phi) is 9.69. The van der Waals surface area contributed by atoms with Gasteiger partial charge in [-0.3, -0.25) is 4.90 Å². The minimum Gasteiger partial charge on any atom is -0.493 e. The molecule has 0 radical (unpaired) electrons. The van der Waals surface area contributed by atoms with E-state index < -0.39 is 0 Å². The number of halogens is 2. The molecular formula is C27H37F2N3O2. The first kappa shape index (κ1) is 25.9. The quantitative estimate of drug-likeness (QED) is 0.503. The smallest absolute Gasteiger partial charge is 0.318 e. The molecule has 2 aromatic carbocycles. The number of rotatable bonds is 10. The summed E-state index contributed by atoms with van der Waals surface area (Å²) < 4.78 is 32.2. The summed E-state index contributed by atoms with van der Waals surface area (Å²) in [6.45, 7) is 8.70. The van der Waals surface area contributed by atoms with Crippen molar-refractivity contribution in [1.82, 2.24) is 15.1 Å². The van der Waals surface area contributed by atoms with Crippen LogP contribution in [0.4, 0.5) is 13.6 Å². The molecule has 3 rings (SSSR count). The second kappa shape index (κ2) is 12.7. The van der Waals surface area contributed by atoms with E-state index in [1.807, 2.05) is 36.1 Å². The summed E-state index contributed by atoms with van der Waals surface area (Å²) in [5.74, 6) is 0.975. The molecule has 34 heavy (non-hydrogen) atoms. The number of benzene rings is 2. The summed E-state index contributed by atoms with van der Waals surface area (Å²) in [7, 11) is 0. The Bertz CT molecular complexity index is 882. The predicted molar refractivity (Wildman–Crippen MR) is 131 cm³/mol. The highest BCUT2D eigenvalue weighted by Crippen LogP contribution is 2.21. The number of piperidine rings is 1. The van der Waals surface area contributed by atoms with Gasteiger partial charge in [0.15, 0.2) is 0 Å². The summed E-state index contributed by atoms with van der Waals surface area (Å²) in [5.41, 5.74) is 1.86. The maximum Gasteiger partial charge on any atom is 0.318 e. The highest BCUT2D eigenvalue weighted by atomic mass is 19.1. The largest absolute Gasteiger partial charge is 0.493 e. The van der Waals surface area contributed by atoms with Gasteiger partial charge in [0, 0.05) is 38.3 Å². The van der Waals surface area contributed by atoms with Crippen LogP contribution in [0, 0.1) is 11.7 Å². The second-order valence-corrected chi connectivity index (χ2v) is 9.53. The zero-order valence-corrected chi connectivity index (χ0v) is 20.5. The number of urea groups is 1. The van der Waals surface area contributed by atoms with E-state index in [0.717, 1.165) is 42.8 Å². The van der Waals surface area contributed by atoms with Crippen LogP contribution in [0.1, 0.15) is 44.7 Å². The molecule has 7 heteroatoms. The molecule has 1 N–H and O–H groups in total. The average molecular weight is 474 g/mol. The molecule has 1 atom stereocenters. The maximum absolute atomic E-state index is 13.4. The van der Waals surface area contributed by atoms with E-state index in [1.165, 1.54) is 12.1 Å². The number of carbonyl (C=O) groups excluding carboxylic acids is 1. The van der Waals surface area contributed by atoms with Gasteiger partial charge in [0.1, 0.15) is 18.2 Å². The molecule has 0 saturated carbocycles. The lowest BCUT2D eigenvalue weighted by atomic mass is 10.0. The number of ether oxygens (including phenoxy) is 1. The average Bonchev–Trinajstić information content (AvgIpc) is 2.86.